The second kappa shape index (κ2) is 5.33. The van der Waals surface area contributed by atoms with Gasteiger partial charge in [-0.2, -0.15) is 0 Å². The number of morpholine rings is 1. The molecule has 3 N–H and O–H groups in total. The van der Waals surface area contributed by atoms with Crippen LogP contribution in [0.1, 0.15) is 28.0 Å². The van der Waals surface area contributed by atoms with Crippen LogP contribution in [0.15, 0.2) is 6.07 Å². The van der Waals surface area contributed by atoms with Crippen LogP contribution in [-0.4, -0.2) is 47.8 Å². The molecule has 0 unspecified atom stereocenters. The van der Waals surface area contributed by atoms with Crippen molar-refractivity contribution in [2.24, 2.45) is 5.73 Å². The lowest BCUT2D eigenvalue weighted by Crippen LogP contribution is -2.47. The number of carboxylic acid groups (broad SMARTS) is 1. The van der Waals surface area contributed by atoms with E-state index >= 15 is 0 Å². The molecule has 0 spiro atoms. The summed E-state index contributed by atoms with van der Waals surface area (Å²) in [7, 11) is 0. The predicted molar refractivity (Wildman–Crippen MR) is 74.4 cm³/mol. The fourth-order valence-electron chi connectivity index (χ4n) is 2.87. The van der Waals surface area contributed by atoms with Crippen LogP contribution in [0.3, 0.4) is 0 Å². The van der Waals surface area contributed by atoms with E-state index in [1.54, 1.807) is 11.0 Å². The number of anilines is 1. The first-order valence-corrected chi connectivity index (χ1v) is 6.98. The molecular formula is C14H17N3O4. The molecule has 2 aliphatic rings. The monoisotopic (exact) mass is 291 g/mol. The number of pyridine rings is 1. The number of ether oxygens (including phenoxy) is 1. The third kappa shape index (κ3) is 2.56. The van der Waals surface area contributed by atoms with Gasteiger partial charge in [0.15, 0.2) is 6.10 Å². The molecule has 0 radical (unpaired) electrons. The summed E-state index contributed by atoms with van der Waals surface area (Å²) in [5, 5.41) is 9.07. The maximum atomic E-state index is 11.7. The van der Waals surface area contributed by atoms with E-state index in [2.05, 4.69) is 4.98 Å². The van der Waals surface area contributed by atoms with Crippen LogP contribution in [0.5, 0.6) is 0 Å². The van der Waals surface area contributed by atoms with Gasteiger partial charge in [0.2, 0.25) is 0 Å². The molecular weight excluding hydrogens is 274 g/mol. The summed E-state index contributed by atoms with van der Waals surface area (Å²) in [6.07, 6.45) is 1.90. The van der Waals surface area contributed by atoms with Crippen molar-refractivity contribution in [2.45, 2.75) is 25.4 Å². The Morgan fingerprint density at radius 2 is 2.24 bits per heavy atom. The summed E-state index contributed by atoms with van der Waals surface area (Å²) in [4.78, 5) is 29.1. The number of hydrogen-bond acceptors (Lipinski definition) is 5. The number of aromatic nitrogens is 1. The van der Waals surface area contributed by atoms with E-state index in [4.69, 9.17) is 15.6 Å². The van der Waals surface area contributed by atoms with Crippen LogP contribution >= 0.6 is 0 Å². The minimum Gasteiger partial charge on any atom is -0.479 e. The van der Waals surface area contributed by atoms with Gasteiger partial charge in [0, 0.05) is 12.2 Å². The van der Waals surface area contributed by atoms with E-state index in [9.17, 15) is 9.59 Å². The van der Waals surface area contributed by atoms with Gasteiger partial charge >= 0.3 is 5.97 Å². The van der Waals surface area contributed by atoms with Crippen LogP contribution in [-0.2, 0) is 22.4 Å². The highest BCUT2D eigenvalue weighted by Crippen LogP contribution is 2.28. The molecule has 0 bridgehead atoms. The van der Waals surface area contributed by atoms with Crippen molar-refractivity contribution in [1.29, 1.82) is 0 Å². The lowest BCUT2D eigenvalue weighted by Gasteiger charge is -2.32. The van der Waals surface area contributed by atoms with Crippen molar-refractivity contribution in [3.05, 3.63) is 22.9 Å². The van der Waals surface area contributed by atoms with Crippen LogP contribution in [0.25, 0.3) is 0 Å². The molecule has 7 heteroatoms. The molecule has 1 aliphatic heterocycles. The minimum atomic E-state index is -1.01. The van der Waals surface area contributed by atoms with Crippen LogP contribution in [0.4, 0.5) is 5.82 Å². The summed E-state index contributed by atoms with van der Waals surface area (Å²) in [6.45, 7) is 0.950. The Labute approximate surface area is 121 Å². The van der Waals surface area contributed by atoms with Gasteiger partial charge in [-0.15, -0.1) is 0 Å². The summed E-state index contributed by atoms with van der Waals surface area (Å²) in [6, 6.07) is 1.80. The number of fused-ring (bicyclic) bond motifs is 1. The lowest BCUT2D eigenvalue weighted by atomic mass is 10.1. The average molecular weight is 291 g/mol. The molecule has 112 valence electrons. The quantitative estimate of drug-likeness (QED) is 0.809. The van der Waals surface area contributed by atoms with Gasteiger partial charge < -0.3 is 20.5 Å². The highest BCUT2D eigenvalue weighted by atomic mass is 16.5. The molecule has 2 heterocycles. The van der Waals surface area contributed by atoms with Gasteiger partial charge in [-0.3, -0.25) is 4.79 Å². The van der Waals surface area contributed by atoms with Crippen molar-refractivity contribution in [2.75, 3.05) is 24.6 Å². The van der Waals surface area contributed by atoms with Gasteiger partial charge in [-0.25, -0.2) is 9.78 Å². The second-order valence-corrected chi connectivity index (χ2v) is 5.33. The predicted octanol–water partition coefficient (Wildman–Crippen LogP) is -0.0410. The normalized spacial score (nSPS) is 21.1. The van der Waals surface area contributed by atoms with Gasteiger partial charge in [0.05, 0.1) is 18.7 Å². The fourth-order valence-corrected chi connectivity index (χ4v) is 2.87. The fraction of sp³-hybridized carbons (Fsp3) is 0.500. The first-order chi connectivity index (χ1) is 10.1. The Bertz CT molecular complexity index is 602. The zero-order valence-corrected chi connectivity index (χ0v) is 11.5. The van der Waals surface area contributed by atoms with E-state index < -0.39 is 18.0 Å². The van der Waals surface area contributed by atoms with Crippen molar-refractivity contribution in [3.8, 4) is 0 Å². The summed E-state index contributed by atoms with van der Waals surface area (Å²) < 4.78 is 5.20. The molecule has 1 saturated heterocycles. The van der Waals surface area contributed by atoms with Crippen LogP contribution in [0, 0.1) is 0 Å². The Kier molecular flexibility index (Phi) is 3.50. The van der Waals surface area contributed by atoms with E-state index in [1.807, 2.05) is 0 Å². The maximum Gasteiger partial charge on any atom is 0.334 e. The molecule has 1 amide bonds. The highest BCUT2D eigenvalue weighted by molar-refractivity contribution is 5.98. The molecule has 3 rings (SSSR count). The number of amides is 1. The Hall–Kier alpha value is -2.15. The number of hydrogen-bond donors (Lipinski definition) is 2. The van der Waals surface area contributed by atoms with Crippen LogP contribution < -0.4 is 10.6 Å². The number of primary amides is 1. The molecule has 0 aromatic carbocycles. The number of aryl methyl sites for hydroxylation is 2. The standard InChI is InChI=1S/C14H17N3O4/c15-12(18)9-6-8-2-1-3-10(8)16-13(9)17-4-5-21-11(7-17)14(19)20/h6,11H,1-5,7H2,(H2,15,18)(H,19,20)/t11-/m0/s1. The van der Waals surface area contributed by atoms with Crippen LogP contribution in [0.2, 0.25) is 0 Å². The Morgan fingerprint density at radius 1 is 1.43 bits per heavy atom. The molecule has 1 aromatic heterocycles. The third-order valence-electron chi connectivity index (χ3n) is 3.94. The summed E-state index contributed by atoms with van der Waals surface area (Å²) in [5.41, 5.74) is 7.86. The van der Waals surface area contributed by atoms with E-state index in [0.717, 1.165) is 30.5 Å². The number of rotatable bonds is 3. The largest absolute Gasteiger partial charge is 0.479 e. The topological polar surface area (TPSA) is 106 Å². The molecule has 1 atom stereocenters. The number of carbonyl (C=O) groups excluding carboxylic acids is 1. The van der Waals surface area contributed by atoms with E-state index in [1.165, 1.54) is 0 Å². The molecule has 1 aromatic rings. The number of carboxylic acids is 1. The number of aliphatic carboxylic acids is 1. The van der Waals surface area contributed by atoms with Crippen molar-refractivity contribution >= 4 is 17.7 Å². The van der Waals surface area contributed by atoms with Gasteiger partial charge in [-0.1, -0.05) is 0 Å². The van der Waals surface area contributed by atoms with Crippen molar-refractivity contribution in [3.63, 3.8) is 0 Å². The SMILES string of the molecule is NC(=O)c1cc2c(nc1N1CCO[C@H](C(=O)O)C1)CCC2. The average Bonchev–Trinajstić information content (AvgIpc) is 2.93. The summed E-state index contributed by atoms with van der Waals surface area (Å²) in [5.74, 6) is -1.07. The number of carbonyl (C=O) groups is 2. The maximum absolute atomic E-state index is 11.7. The third-order valence-corrected chi connectivity index (χ3v) is 3.94. The second-order valence-electron chi connectivity index (χ2n) is 5.33. The van der Waals surface area contributed by atoms with Crippen molar-refractivity contribution in [1.82, 2.24) is 4.98 Å². The first kappa shape index (κ1) is 13.8. The zero-order valence-electron chi connectivity index (χ0n) is 11.5. The Balaban J connectivity index is 1.97. The lowest BCUT2D eigenvalue weighted by molar-refractivity contribution is -0.150. The molecule has 0 saturated carbocycles. The number of nitrogens with zero attached hydrogens (tertiary/aromatic N) is 2. The van der Waals surface area contributed by atoms with Gasteiger partial charge in [-0.05, 0) is 30.9 Å². The van der Waals surface area contributed by atoms with Gasteiger partial charge in [0.25, 0.3) is 5.91 Å². The first-order valence-electron chi connectivity index (χ1n) is 6.98. The van der Waals surface area contributed by atoms with E-state index in [0.29, 0.717) is 17.9 Å². The smallest absolute Gasteiger partial charge is 0.334 e. The van der Waals surface area contributed by atoms with E-state index in [-0.39, 0.29) is 13.2 Å². The zero-order chi connectivity index (χ0) is 15.0. The Morgan fingerprint density at radius 3 is 2.95 bits per heavy atom. The highest BCUT2D eigenvalue weighted by Gasteiger charge is 2.30. The number of nitrogens with two attached hydrogens (primary N) is 1. The molecule has 1 aliphatic carbocycles. The molecule has 21 heavy (non-hydrogen) atoms. The van der Waals surface area contributed by atoms with Gasteiger partial charge in [0.1, 0.15) is 5.82 Å². The van der Waals surface area contributed by atoms with Crippen molar-refractivity contribution < 1.29 is 19.4 Å². The summed E-state index contributed by atoms with van der Waals surface area (Å²) >= 11 is 0. The minimum absolute atomic E-state index is 0.168. The molecule has 7 nitrogen and oxygen atoms in total. The molecule has 1 fully saturated rings.